The van der Waals surface area contributed by atoms with Crippen LogP contribution in [-0.2, 0) is 6.54 Å². The third-order valence-corrected chi connectivity index (χ3v) is 3.60. The summed E-state index contributed by atoms with van der Waals surface area (Å²) in [5, 5.41) is 4.29. The Bertz CT molecular complexity index is 663. The number of aryl methyl sites for hydroxylation is 1. The lowest BCUT2D eigenvalue weighted by Crippen LogP contribution is -2.20. The molecule has 0 spiro atoms. The molecule has 1 aliphatic heterocycles. The number of ketones is 1. The SMILES string of the molecule is CCCn1cc(C2CC(=O)c3cc(OC)ccc3O2)cn1. The van der Waals surface area contributed by atoms with Gasteiger partial charge in [-0.25, -0.2) is 0 Å². The van der Waals surface area contributed by atoms with Crippen molar-refractivity contribution in [1.29, 1.82) is 0 Å². The molecular formula is C16H18N2O3. The molecule has 5 nitrogen and oxygen atoms in total. The van der Waals surface area contributed by atoms with E-state index in [1.165, 1.54) is 0 Å². The number of benzene rings is 1. The van der Waals surface area contributed by atoms with Crippen molar-refractivity contribution in [2.75, 3.05) is 7.11 Å². The number of nitrogens with zero attached hydrogens (tertiary/aromatic N) is 2. The molecule has 0 saturated carbocycles. The first-order valence-corrected chi connectivity index (χ1v) is 7.11. The van der Waals surface area contributed by atoms with Crippen LogP contribution in [0.15, 0.2) is 30.6 Å². The van der Waals surface area contributed by atoms with E-state index in [1.54, 1.807) is 31.5 Å². The van der Waals surface area contributed by atoms with Crippen LogP contribution in [-0.4, -0.2) is 22.7 Å². The first-order chi connectivity index (χ1) is 10.2. The Labute approximate surface area is 123 Å². The molecule has 1 aromatic carbocycles. The van der Waals surface area contributed by atoms with Gasteiger partial charge in [0, 0.05) is 18.3 Å². The average Bonchev–Trinajstić information content (AvgIpc) is 2.96. The zero-order valence-electron chi connectivity index (χ0n) is 12.2. The Morgan fingerprint density at radius 3 is 3.10 bits per heavy atom. The predicted molar refractivity (Wildman–Crippen MR) is 77.8 cm³/mol. The maximum atomic E-state index is 12.3. The second-order valence-corrected chi connectivity index (χ2v) is 5.13. The predicted octanol–water partition coefficient (Wildman–Crippen LogP) is 3.01. The molecule has 0 saturated heterocycles. The van der Waals surface area contributed by atoms with Crippen LogP contribution in [0.1, 0.15) is 41.8 Å². The van der Waals surface area contributed by atoms with Gasteiger partial charge < -0.3 is 9.47 Å². The molecule has 21 heavy (non-hydrogen) atoms. The molecule has 0 bridgehead atoms. The van der Waals surface area contributed by atoms with Crippen molar-refractivity contribution in [3.63, 3.8) is 0 Å². The molecule has 1 aromatic heterocycles. The van der Waals surface area contributed by atoms with E-state index in [1.807, 2.05) is 10.9 Å². The second kappa shape index (κ2) is 5.60. The third-order valence-electron chi connectivity index (χ3n) is 3.60. The fourth-order valence-corrected chi connectivity index (χ4v) is 2.51. The van der Waals surface area contributed by atoms with Crippen LogP contribution >= 0.6 is 0 Å². The van der Waals surface area contributed by atoms with E-state index in [4.69, 9.17) is 9.47 Å². The molecular weight excluding hydrogens is 268 g/mol. The van der Waals surface area contributed by atoms with E-state index in [0.29, 0.717) is 23.5 Å². The lowest BCUT2D eigenvalue weighted by molar-refractivity contribution is 0.0849. The van der Waals surface area contributed by atoms with Gasteiger partial charge in [0.15, 0.2) is 5.78 Å². The molecule has 0 N–H and O–H groups in total. The zero-order valence-corrected chi connectivity index (χ0v) is 12.2. The topological polar surface area (TPSA) is 53.4 Å². The van der Waals surface area contributed by atoms with Crippen molar-refractivity contribution in [2.24, 2.45) is 0 Å². The van der Waals surface area contributed by atoms with E-state index in [9.17, 15) is 4.79 Å². The van der Waals surface area contributed by atoms with Crippen LogP contribution < -0.4 is 9.47 Å². The number of fused-ring (bicyclic) bond motifs is 1. The summed E-state index contributed by atoms with van der Waals surface area (Å²) in [6, 6.07) is 5.32. The van der Waals surface area contributed by atoms with Crippen LogP contribution in [0.3, 0.4) is 0 Å². The van der Waals surface area contributed by atoms with Crippen molar-refractivity contribution in [2.45, 2.75) is 32.4 Å². The van der Waals surface area contributed by atoms with Crippen molar-refractivity contribution in [3.8, 4) is 11.5 Å². The number of carbonyl (C=O) groups is 1. The second-order valence-electron chi connectivity index (χ2n) is 5.13. The summed E-state index contributed by atoms with van der Waals surface area (Å²) < 4.78 is 13.0. The monoisotopic (exact) mass is 286 g/mol. The van der Waals surface area contributed by atoms with E-state index in [2.05, 4.69) is 12.0 Å². The van der Waals surface area contributed by atoms with Crippen LogP contribution in [0.25, 0.3) is 0 Å². The first kappa shape index (κ1) is 13.7. The first-order valence-electron chi connectivity index (χ1n) is 7.11. The van der Waals surface area contributed by atoms with Crippen LogP contribution in [0.2, 0.25) is 0 Å². The molecule has 0 fully saturated rings. The van der Waals surface area contributed by atoms with Crippen LogP contribution in [0, 0.1) is 0 Å². The Hall–Kier alpha value is -2.30. The lowest BCUT2D eigenvalue weighted by Gasteiger charge is -2.24. The van der Waals surface area contributed by atoms with Gasteiger partial charge in [0.25, 0.3) is 0 Å². The minimum Gasteiger partial charge on any atom is -0.497 e. The third kappa shape index (κ3) is 2.63. The van der Waals surface area contributed by atoms with Gasteiger partial charge in [0.2, 0.25) is 0 Å². The van der Waals surface area contributed by atoms with E-state index in [-0.39, 0.29) is 11.9 Å². The van der Waals surface area contributed by atoms with Crippen LogP contribution in [0.5, 0.6) is 11.5 Å². The summed E-state index contributed by atoms with van der Waals surface area (Å²) >= 11 is 0. The highest BCUT2D eigenvalue weighted by Crippen LogP contribution is 2.36. The van der Waals surface area contributed by atoms with Crippen LogP contribution in [0.4, 0.5) is 0 Å². The maximum Gasteiger partial charge on any atom is 0.170 e. The average molecular weight is 286 g/mol. The molecule has 0 aliphatic carbocycles. The fraction of sp³-hybridized carbons (Fsp3) is 0.375. The summed E-state index contributed by atoms with van der Waals surface area (Å²) in [6.45, 7) is 2.97. The summed E-state index contributed by atoms with van der Waals surface area (Å²) in [5.74, 6) is 1.35. The summed E-state index contributed by atoms with van der Waals surface area (Å²) in [7, 11) is 1.58. The Kier molecular flexibility index (Phi) is 3.64. The standard InChI is InChI=1S/C16H18N2O3/c1-3-6-18-10-11(9-17-18)16-8-14(19)13-7-12(20-2)4-5-15(13)21-16/h4-5,7,9-10,16H,3,6,8H2,1-2H3. The molecule has 0 amide bonds. The van der Waals surface area contributed by atoms with Gasteiger partial charge in [0.05, 0.1) is 25.3 Å². The van der Waals surface area contributed by atoms with E-state index < -0.39 is 0 Å². The molecule has 110 valence electrons. The molecule has 2 heterocycles. The number of methoxy groups -OCH3 is 1. The van der Waals surface area contributed by atoms with Gasteiger partial charge in [-0.3, -0.25) is 9.48 Å². The Morgan fingerprint density at radius 1 is 1.48 bits per heavy atom. The van der Waals surface area contributed by atoms with Gasteiger partial charge in [-0.05, 0) is 24.6 Å². The van der Waals surface area contributed by atoms with Gasteiger partial charge in [0.1, 0.15) is 17.6 Å². The largest absolute Gasteiger partial charge is 0.497 e. The number of hydrogen-bond donors (Lipinski definition) is 0. The molecule has 1 aliphatic rings. The summed E-state index contributed by atoms with van der Waals surface area (Å²) in [6.07, 6.45) is 4.83. The highest BCUT2D eigenvalue weighted by molar-refractivity contribution is 6.00. The van der Waals surface area contributed by atoms with Gasteiger partial charge in [-0.1, -0.05) is 6.92 Å². The minimum absolute atomic E-state index is 0.0726. The summed E-state index contributed by atoms with van der Waals surface area (Å²) in [4.78, 5) is 12.3. The number of ether oxygens (including phenoxy) is 2. The number of hydrogen-bond acceptors (Lipinski definition) is 4. The minimum atomic E-state index is -0.260. The molecule has 2 aromatic rings. The number of aromatic nitrogens is 2. The highest BCUT2D eigenvalue weighted by atomic mass is 16.5. The van der Waals surface area contributed by atoms with Crippen molar-refractivity contribution >= 4 is 5.78 Å². The Morgan fingerprint density at radius 2 is 2.33 bits per heavy atom. The zero-order chi connectivity index (χ0) is 14.8. The molecule has 0 radical (unpaired) electrons. The maximum absolute atomic E-state index is 12.3. The quantitative estimate of drug-likeness (QED) is 0.867. The van der Waals surface area contributed by atoms with E-state index >= 15 is 0 Å². The van der Waals surface area contributed by atoms with Gasteiger partial charge in [-0.15, -0.1) is 0 Å². The smallest absolute Gasteiger partial charge is 0.170 e. The molecule has 1 unspecified atom stereocenters. The number of rotatable bonds is 4. The normalized spacial score (nSPS) is 17.2. The number of Topliss-reactive ketones (excluding diaryl/α,β-unsaturated/α-hetero) is 1. The molecule has 5 heteroatoms. The fourth-order valence-electron chi connectivity index (χ4n) is 2.51. The summed E-state index contributed by atoms with van der Waals surface area (Å²) in [5.41, 5.74) is 1.53. The van der Waals surface area contributed by atoms with Gasteiger partial charge in [-0.2, -0.15) is 5.10 Å². The van der Waals surface area contributed by atoms with Crippen molar-refractivity contribution < 1.29 is 14.3 Å². The van der Waals surface area contributed by atoms with Gasteiger partial charge >= 0.3 is 0 Å². The molecule has 3 rings (SSSR count). The highest BCUT2D eigenvalue weighted by Gasteiger charge is 2.28. The van der Waals surface area contributed by atoms with Crippen molar-refractivity contribution in [3.05, 3.63) is 41.7 Å². The van der Waals surface area contributed by atoms with Crippen molar-refractivity contribution in [1.82, 2.24) is 9.78 Å². The lowest BCUT2D eigenvalue weighted by atomic mass is 9.98. The molecule has 1 atom stereocenters. The number of carbonyl (C=O) groups excluding carboxylic acids is 1. The Balaban J connectivity index is 1.85. The van der Waals surface area contributed by atoms with E-state index in [0.717, 1.165) is 18.5 Å².